The fourth-order valence-electron chi connectivity index (χ4n) is 5.61. The molecule has 6 heterocycles. The van der Waals surface area contributed by atoms with Crippen LogP contribution in [0.3, 0.4) is 0 Å². The third-order valence-electron chi connectivity index (χ3n) is 8.10. The maximum atomic E-state index is 11.8. The van der Waals surface area contributed by atoms with Crippen molar-refractivity contribution < 1.29 is 28.6 Å². The molecule has 282 valence electrons. The lowest BCUT2D eigenvalue weighted by Gasteiger charge is -2.10. The Morgan fingerprint density at radius 1 is 0.627 bits per heavy atom. The summed E-state index contributed by atoms with van der Waals surface area (Å²) in [7, 11) is 5.54. The van der Waals surface area contributed by atoms with E-state index in [1.54, 1.807) is 48.7 Å². The van der Waals surface area contributed by atoms with Crippen LogP contribution in [0.25, 0.3) is 0 Å². The van der Waals surface area contributed by atoms with Crippen LogP contribution in [-0.2, 0) is 33.5 Å². The Labute approximate surface area is 312 Å². The molecule has 3 aliphatic rings. The molecule has 0 radical (unpaired) electrons. The summed E-state index contributed by atoms with van der Waals surface area (Å²) in [6, 6.07) is 0. The highest BCUT2D eigenvalue weighted by atomic mass is 32.1. The molecule has 3 fully saturated rings. The number of carbonyl (C=O) groups is 3. The van der Waals surface area contributed by atoms with Gasteiger partial charge in [0.2, 0.25) is 0 Å². The van der Waals surface area contributed by atoms with Gasteiger partial charge in [-0.3, -0.25) is 9.80 Å². The van der Waals surface area contributed by atoms with Gasteiger partial charge in [0.15, 0.2) is 10.9 Å². The van der Waals surface area contributed by atoms with Crippen LogP contribution < -0.4 is 30.7 Å². The first-order valence-electron chi connectivity index (χ1n) is 17.2. The van der Waals surface area contributed by atoms with Crippen molar-refractivity contribution in [3.05, 3.63) is 31.2 Å². The predicted octanol–water partition coefficient (Wildman–Crippen LogP) is 4.68. The minimum atomic E-state index is -0.290. The predicted molar refractivity (Wildman–Crippen MR) is 203 cm³/mol. The summed E-state index contributed by atoms with van der Waals surface area (Å²) in [6.45, 7) is 15.9. The average Bonchev–Trinajstić information content (AvgIpc) is 3.95. The zero-order valence-corrected chi connectivity index (χ0v) is 33.4. The zero-order valence-electron chi connectivity index (χ0n) is 31.0. The van der Waals surface area contributed by atoms with E-state index < -0.39 is 0 Å². The van der Waals surface area contributed by atoms with Crippen LogP contribution in [0.15, 0.2) is 0 Å². The van der Waals surface area contributed by atoms with Crippen LogP contribution >= 0.6 is 34.0 Å². The van der Waals surface area contributed by atoms with Crippen molar-refractivity contribution in [1.82, 2.24) is 30.9 Å². The molecule has 3 aromatic rings. The minimum absolute atomic E-state index is 0.0703. The van der Waals surface area contributed by atoms with Gasteiger partial charge in [-0.1, -0.05) is 20.8 Å². The molecule has 3 N–H and O–H groups in total. The topological polar surface area (TPSA) is 163 Å². The van der Waals surface area contributed by atoms with Crippen molar-refractivity contribution in [3.63, 3.8) is 0 Å². The van der Waals surface area contributed by atoms with Crippen LogP contribution in [0.4, 0.5) is 30.3 Å². The van der Waals surface area contributed by atoms with Crippen LogP contribution in [0.2, 0.25) is 0 Å². The highest BCUT2D eigenvalue weighted by Gasteiger charge is 2.36. The highest BCUT2D eigenvalue weighted by Crippen LogP contribution is 2.32. The second-order valence-corrected chi connectivity index (χ2v) is 15.6. The van der Waals surface area contributed by atoms with E-state index in [1.165, 1.54) is 4.88 Å². The number of amides is 3. The Balaban J connectivity index is 0.000000172. The average molecular weight is 766 g/mol. The molecule has 3 amide bonds. The molecule has 3 aliphatic heterocycles. The summed E-state index contributed by atoms with van der Waals surface area (Å²) in [5, 5.41) is 12.8. The summed E-state index contributed by atoms with van der Waals surface area (Å²) in [4.78, 5) is 55.8. The Kier molecular flexibility index (Phi) is 14.9. The number of ether oxygens (including phenoxy) is 3. The Morgan fingerprint density at radius 3 is 1.59 bits per heavy atom. The third-order valence-corrected chi connectivity index (χ3v) is 11.6. The summed E-state index contributed by atoms with van der Waals surface area (Å²) in [5.74, 6) is 0.760. The maximum absolute atomic E-state index is 11.8. The highest BCUT2D eigenvalue weighted by molar-refractivity contribution is 7.16. The van der Waals surface area contributed by atoms with Gasteiger partial charge in [-0.15, -0.1) is 34.0 Å². The van der Waals surface area contributed by atoms with Crippen LogP contribution in [-0.4, -0.2) is 112 Å². The number of nitrogens with zero attached hydrogens (tertiary/aromatic N) is 6. The first-order chi connectivity index (χ1) is 24.5. The SMILES string of the molecule is CCc1nc(C)c(N2C[C@H](CNC)OC2=O)s1.CCc1nc(N2C[C@H](CNC)OC2=O)c(C)s1.CCc1nc(N2C[C@H](CNC)OC2=O)sc1C. The molecule has 0 aromatic carbocycles. The van der Waals surface area contributed by atoms with E-state index in [9.17, 15) is 14.4 Å². The number of anilines is 3. The summed E-state index contributed by atoms with van der Waals surface area (Å²) < 4.78 is 15.8. The molecule has 0 spiro atoms. The van der Waals surface area contributed by atoms with Crippen molar-refractivity contribution in [2.24, 2.45) is 0 Å². The van der Waals surface area contributed by atoms with Crippen LogP contribution in [0, 0.1) is 20.8 Å². The molecule has 0 saturated carbocycles. The van der Waals surface area contributed by atoms with Gasteiger partial charge in [0.05, 0.1) is 41.0 Å². The van der Waals surface area contributed by atoms with Gasteiger partial charge in [-0.2, -0.15) is 0 Å². The largest absolute Gasteiger partial charge is 0.443 e. The number of likely N-dealkylation sites (N-methyl/N-ethyl adjacent to an activating group) is 3. The fraction of sp³-hybridized carbons (Fsp3) is 0.636. The van der Waals surface area contributed by atoms with Crippen molar-refractivity contribution in [2.45, 2.75) is 79.1 Å². The van der Waals surface area contributed by atoms with E-state index in [-0.39, 0.29) is 36.6 Å². The van der Waals surface area contributed by atoms with E-state index in [4.69, 9.17) is 14.2 Å². The Bertz CT molecular complexity index is 1550. The number of aryl methyl sites for hydroxylation is 6. The molecule has 51 heavy (non-hydrogen) atoms. The molecule has 0 bridgehead atoms. The summed E-state index contributed by atoms with van der Waals surface area (Å²) in [6.07, 6.45) is 1.61. The van der Waals surface area contributed by atoms with E-state index in [0.717, 1.165) is 61.5 Å². The summed E-state index contributed by atoms with van der Waals surface area (Å²) >= 11 is 4.77. The van der Waals surface area contributed by atoms with Crippen molar-refractivity contribution >= 4 is 68.2 Å². The monoisotopic (exact) mass is 765 g/mol. The molecule has 3 saturated heterocycles. The number of aromatic nitrogens is 3. The lowest BCUT2D eigenvalue weighted by atomic mass is 10.3. The van der Waals surface area contributed by atoms with Gasteiger partial charge in [0, 0.05) is 29.4 Å². The number of thiazole rings is 3. The smallest absolute Gasteiger partial charge is 0.416 e. The fourth-order valence-corrected chi connectivity index (χ4v) is 8.48. The van der Waals surface area contributed by atoms with Gasteiger partial charge in [-0.25, -0.2) is 34.2 Å². The van der Waals surface area contributed by atoms with Gasteiger partial charge < -0.3 is 30.2 Å². The quantitative estimate of drug-likeness (QED) is 0.219. The number of nitrogens with one attached hydrogen (secondary N) is 3. The van der Waals surface area contributed by atoms with Gasteiger partial charge in [0.25, 0.3) is 0 Å². The molecule has 0 unspecified atom stereocenters. The zero-order chi connectivity index (χ0) is 37.2. The molecular weight excluding hydrogens is 715 g/mol. The number of rotatable bonds is 12. The van der Waals surface area contributed by atoms with E-state index in [0.29, 0.717) is 39.3 Å². The molecular formula is C33H51N9O6S3. The van der Waals surface area contributed by atoms with Crippen molar-refractivity contribution in [3.8, 4) is 0 Å². The molecule has 0 aliphatic carbocycles. The Morgan fingerprint density at radius 2 is 1.12 bits per heavy atom. The first-order valence-corrected chi connectivity index (χ1v) is 19.7. The minimum Gasteiger partial charge on any atom is -0.443 e. The standard InChI is InChI=1S/3C11H17N3O2S/c1-4-9-13-10(7(2)17-9)14-6-8(5-12-3)16-11(14)15;1-4-9-13-7(2)10(17-9)14-6-8(5-12-3)16-11(14)15;1-4-9-7(2)17-10(13-9)14-6-8(5-12-3)16-11(14)15/h3*8,12H,4-6H2,1-3H3/t3*8-/m000/s1. The molecule has 3 aromatic heterocycles. The maximum Gasteiger partial charge on any atom is 0.416 e. The first kappa shape index (κ1) is 40.4. The van der Waals surface area contributed by atoms with Crippen molar-refractivity contribution in [1.29, 1.82) is 0 Å². The second kappa shape index (κ2) is 18.9. The number of hydrogen-bond acceptors (Lipinski definition) is 15. The number of cyclic esters (lactones) is 3. The third kappa shape index (κ3) is 10.1. The second-order valence-electron chi connectivity index (χ2n) is 12.1. The van der Waals surface area contributed by atoms with Gasteiger partial charge >= 0.3 is 18.3 Å². The molecule has 18 heteroatoms. The van der Waals surface area contributed by atoms with Crippen LogP contribution in [0.1, 0.15) is 51.9 Å². The van der Waals surface area contributed by atoms with Crippen LogP contribution in [0.5, 0.6) is 0 Å². The van der Waals surface area contributed by atoms with Gasteiger partial charge in [0.1, 0.15) is 23.3 Å². The van der Waals surface area contributed by atoms with Crippen molar-refractivity contribution in [2.75, 3.05) is 75.1 Å². The number of hydrogen-bond donors (Lipinski definition) is 3. The lowest BCUT2D eigenvalue weighted by molar-refractivity contribution is 0.140. The normalized spacial score (nSPS) is 19.8. The lowest BCUT2D eigenvalue weighted by Crippen LogP contribution is -2.29. The molecule has 3 atom stereocenters. The summed E-state index contributed by atoms with van der Waals surface area (Å²) in [5.41, 5.74) is 1.98. The Hall–Kier alpha value is -3.42. The molecule has 6 rings (SSSR count). The van der Waals surface area contributed by atoms with Gasteiger partial charge in [-0.05, 0) is 61.2 Å². The van der Waals surface area contributed by atoms with E-state index in [1.807, 2.05) is 41.9 Å². The molecule has 15 nitrogen and oxygen atoms in total. The van der Waals surface area contributed by atoms with E-state index >= 15 is 0 Å². The van der Waals surface area contributed by atoms with E-state index in [2.05, 4.69) is 51.7 Å². The number of carbonyl (C=O) groups excluding carboxylic acids is 3.